The van der Waals surface area contributed by atoms with Crippen molar-refractivity contribution in [2.24, 2.45) is 0 Å². The Morgan fingerprint density at radius 3 is 2.43 bits per heavy atom. The van der Waals surface area contributed by atoms with E-state index in [9.17, 15) is 0 Å². The van der Waals surface area contributed by atoms with Gasteiger partial charge in [-0.05, 0) is 58.9 Å². The molecule has 42 heavy (non-hydrogen) atoms. The maximum atomic E-state index is 6.37. The van der Waals surface area contributed by atoms with Crippen molar-refractivity contribution < 1.29 is 4.42 Å². The Kier molecular flexibility index (Phi) is 4.03. The number of nitrogens with one attached hydrogen (secondary N) is 1. The zero-order valence-corrected chi connectivity index (χ0v) is 23.7. The molecule has 0 saturated carbocycles. The average molecular weight is 537 g/mol. The third-order valence-electron chi connectivity index (χ3n) is 9.77. The average Bonchev–Trinajstić information content (AvgIpc) is 3.71. The van der Waals surface area contributed by atoms with Crippen LogP contribution in [0.3, 0.4) is 0 Å². The minimum Gasteiger partial charge on any atom is -0.454 e. The number of aryl methyl sites for hydroxylation is 1. The molecule has 3 aromatic heterocycles. The SMILES string of the molecule is Cc1cc(-c2cccc3c2[nH]c2c4ccccc4oc32)c2c(c1)-n1c3c(c4cccc(c41)[B]2)-c1ccccc1C3(C)C. The first-order chi connectivity index (χ1) is 20.5. The lowest BCUT2D eigenvalue weighted by atomic mass is 9.59. The predicted octanol–water partition coefficient (Wildman–Crippen LogP) is 8.26. The van der Waals surface area contributed by atoms with Crippen molar-refractivity contribution in [1.29, 1.82) is 0 Å². The number of rotatable bonds is 1. The van der Waals surface area contributed by atoms with E-state index in [1.165, 1.54) is 66.6 Å². The van der Waals surface area contributed by atoms with Crippen LogP contribution in [-0.2, 0) is 5.41 Å². The van der Waals surface area contributed by atoms with E-state index in [-0.39, 0.29) is 5.41 Å². The molecule has 0 unspecified atom stereocenters. The van der Waals surface area contributed by atoms with Gasteiger partial charge >= 0.3 is 0 Å². The lowest BCUT2D eigenvalue weighted by Crippen LogP contribution is -2.38. The van der Waals surface area contributed by atoms with Crippen LogP contribution >= 0.6 is 0 Å². The van der Waals surface area contributed by atoms with Crippen molar-refractivity contribution in [1.82, 2.24) is 9.55 Å². The van der Waals surface area contributed by atoms with E-state index >= 15 is 0 Å². The van der Waals surface area contributed by atoms with Gasteiger partial charge in [-0.15, -0.1) is 0 Å². The summed E-state index contributed by atoms with van der Waals surface area (Å²) in [5.74, 6) is 0. The number of furan rings is 1. The Balaban J connectivity index is 1.30. The molecule has 1 aliphatic heterocycles. The first-order valence-corrected chi connectivity index (χ1v) is 14.7. The van der Waals surface area contributed by atoms with E-state index in [1.807, 2.05) is 12.1 Å². The maximum Gasteiger partial charge on any atom is 0.197 e. The van der Waals surface area contributed by atoms with Crippen molar-refractivity contribution in [2.75, 3.05) is 0 Å². The predicted molar refractivity (Wildman–Crippen MR) is 175 cm³/mol. The van der Waals surface area contributed by atoms with Crippen LogP contribution < -0.4 is 10.9 Å². The quantitative estimate of drug-likeness (QED) is 0.210. The van der Waals surface area contributed by atoms with Gasteiger partial charge < -0.3 is 14.0 Å². The molecule has 197 valence electrons. The van der Waals surface area contributed by atoms with Crippen LogP contribution in [0, 0.1) is 6.92 Å². The molecular formula is C38H26BN2O. The number of hydrogen-bond acceptors (Lipinski definition) is 1. The molecule has 4 heterocycles. The summed E-state index contributed by atoms with van der Waals surface area (Å²) < 4.78 is 8.95. The van der Waals surface area contributed by atoms with Gasteiger partial charge in [0.1, 0.15) is 5.58 Å². The van der Waals surface area contributed by atoms with Crippen LogP contribution in [0.4, 0.5) is 0 Å². The highest BCUT2D eigenvalue weighted by Crippen LogP contribution is 2.53. The second kappa shape index (κ2) is 7.46. The fraction of sp³-hybridized carbons (Fsp3) is 0.105. The lowest BCUT2D eigenvalue weighted by Gasteiger charge is -2.29. The van der Waals surface area contributed by atoms with E-state index in [1.54, 1.807) is 0 Å². The molecule has 4 heteroatoms. The fourth-order valence-electron chi connectivity index (χ4n) is 8.04. The van der Waals surface area contributed by atoms with Crippen LogP contribution in [0.5, 0.6) is 0 Å². The maximum absolute atomic E-state index is 6.37. The van der Waals surface area contributed by atoms with Gasteiger partial charge in [0.25, 0.3) is 0 Å². The summed E-state index contributed by atoms with van der Waals surface area (Å²) >= 11 is 0. The van der Waals surface area contributed by atoms with Crippen LogP contribution in [0.15, 0.2) is 101 Å². The van der Waals surface area contributed by atoms with Gasteiger partial charge in [0.05, 0.1) is 11.0 Å². The van der Waals surface area contributed by atoms with Crippen molar-refractivity contribution in [2.45, 2.75) is 26.2 Å². The van der Waals surface area contributed by atoms with Crippen molar-refractivity contribution in [3.63, 3.8) is 0 Å². The minimum absolute atomic E-state index is 0.119. The molecule has 0 amide bonds. The summed E-state index contributed by atoms with van der Waals surface area (Å²) in [5, 5.41) is 3.57. The Morgan fingerprint density at radius 2 is 1.50 bits per heavy atom. The number of H-pyrrole nitrogens is 1. The highest BCUT2D eigenvalue weighted by atomic mass is 16.3. The lowest BCUT2D eigenvalue weighted by molar-refractivity contribution is 0.624. The second-order valence-electron chi connectivity index (χ2n) is 12.5. The highest BCUT2D eigenvalue weighted by Gasteiger charge is 2.42. The number of benzene rings is 5. The summed E-state index contributed by atoms with van der Waals surface area (Å²) in [7, 11) is 2.40. The first-order valence-electron chi connectivity index (χ1n) is 14.7. The molecule has 3 nitrogen and oxygen atoms in total. The highest BCUT2D eigenvalue weighted by molar-refractivity contribution is 6.73. The standard InChI is InChI=1S/C38H26BN2O/c1-20-18-26(21-12-8-14-25-33(21)40-34-23-11-5-7-17-30(23)42-36(25)34)32-29(19-20)41-35-24(13-9-16-28(35)39-32)31-22-10-4-6-15-27(22)38(2,3)37(31)41/h4-19,40H,1-3H3. The van der Waals surface area contributed by atoms with Crippen LogP contribution in [0.2, 0.25) is 0 Å². The van der Waals surface area contributed by atoms with E-state index in [0.717, 1.165) is 33.0 Å². The zero-order valence-electron chi connectivity index (χ0n) is 23.7. The molecular weight excluding hydrogens is 511 g/mol. The second-order valence-corrected chi connectivity index (χ2v) is 12.5. The summed E-state index contributed by atoms with van der Waals surface area (Å²) in [6.07, 6.45) is 0. The largest absolute Gasteiger partial charge is 0.454 e. The molecule has 0 fully saturated rings. The Labute approximate surface area is 243 Å². The molecule has 2 aliphatic rings. The van der Waals surface area contributed by atoms with E-state index in [0.29, 0.717) is 0 Å². The van der Waals surface area contributed by atoms with Crippen LogP contribution in [0.25, 0.3) is 71.8 Å². The molecule has 0 saturated heterocycles. The van der Waals surface area contributed by atoms with Crippen molar-refractivity contribution in [3.05, 3.63) is 114 Å². The number of para-hydroxylation sites is 3. The fourth-order valence-corrected chi connectivity index (χ4v) is 8.04. The molecule has 8 aromatic rings. The van der Waals surface area contributed by atoms with E-state index in [4.69, 9.17) is 4.42 Å². The molecule has 0 atom stereocenters. The summed E-state index contributed by atoms with van der Waals surface area (Å²) in [6.45, 7) is 6.99. The van der Waals surface area contributed by atoms with Gasteiger partial charge in [-0.3, -0.25) is 0 Å². The van der Waals surface area contributed by atoms with Gasteiger partial charge in [0.2, 0.25) is 0 Å². The van der Waals surface area contributed by atoms with E-state index < -0.39 is 0 Å². The Bertz CT molecular complexity index is 2490. The molecule has 1 N–H and O–H groups in total. The van der Waals surface area contributed by atoms with Gasteiger partial charge in [-0.2, -0.15) is 0 Å². The molecule has 0 spiro atoms. The zero-order chi connectivity index (χ0) is 27.9. The minimum atomic E-state index is -0.119. The van der Waals surface area contributed by atoms with Crippen molar-refractivity contribution >= 4 is 62.1 Å². The molecule has 1 aliphatic carbocycles. The Morgan fingerprint density at radius 1 is 0.738 bits per heavy atom. The van der Waals surface area contributed by atoms with Gasteiger partial charge in [-0.25, -0.2) is 0 Å². The van der Waals surface area contributed by atoms with Crippen LogP contribution in [0.1, 0.15) is 30.7 Å². The number of hydrogen-bond donors (Lipinski definition) is 1. The molecule has 5 aromatic carbocycles. The normalized spacial score (nSPS) is 14.5. The number of nitrogens with zero attached hydrogens (tertiary/aromatic N) is 1. The smallest absolute Gasteiger partial charge is 0.197 e. The summed E-state index contributed by atoms with van der Waals surface area (Å²) in [6, 6.07) is 35.3. The number of aromatic amines is 1. The van der Waals surface area contributed by atoms with Crippen LogP contribution in [-0.4, -0.2) is 16.8 Å². The van der Waals surface area contributed by atoms with E-state index in [2.05, 4.69) is 123 Å². The van der Waals surface area contributed by atoms with Crippen molar-refractivity contribution in [3.8, 4) is 27.9 Å². The summed E-state index contributed by atoms with van der Waals surface area (Å²) in [5.41, 5.74) is 18.2. The third kappa shape index (κ3) is 2.60. The topological polar surface area (TPSA) is 33.9 Å². The van der Waals surface area contributed by atoms with Gasteiger partial charge in [-0.1, -0.05) is 92.1 Å². The Hall–Kier alpha value is -4.96. The number of fused-ring (bicyclic) bond motifs is 12. The first kappa shape index (κ1) is 22.7. The molecule has 1 radical (unpaired) electrons. The van der Waals surface area contributed by atoms with Gasteiger partial charge in [0.15, 0.2) is 12.9 Å². The van der Waals surface area contributed by atoms with Gasteiger partial charge in [0, 0.05) is 49.6 Å². The summed E-state index contributed by atoms with van der Waals surface area (Å²) in [4.78, 5) is 3.78. The third-order valence-corrected chi connectivity index (χ3v) is 9.77. The monoisotopic (exact) mass is 537 g/mol. The number of aromatic nitrogens is 2. The molecule has 10 rings (SSSR count). The molecule has 0 bridgehead atoms.